The smallest absolute Gasteiger partial charge is 0.244 e. The summed E-state index contributed by atoms with van der Waals surface area (Å²) in [5.74, 6) is 0.0754. The van der Waals surface area contributed by atoms with Crippen LogP contribution in [0.1, 0.15) is 46.1 Å². The van der Waals surface area contributed by atoms with Crippen molar-refractivity contribution in [3.8, 4) is 11.5 Å². The Bertz CT molecular complexity index is 1190. The van der Waals surface area contributed by atoms with Gasteiger partial charge in [0.05, 0.1) is 11.4 Å². The van der Waals surface area contributed by atoms with Crippen molar-refractivity contribution < 1.29 is 27.5 Å². The van der Waals surface area contributed by atoms with Crippen LogP contribution in [0.2, 0.25) is 0 Å². The fraction of sp³-hybridized carbons (Fsp3) is 0.500. The molecule has 1 N–H and O–H groups in total. The number of fused-ring (bicyclic) bond motifs is 1. The molecule has 0 aliphatic carbocycles. The molecule has 1 aliphatic heterocycles. The topological polar surface area (TPSA) is 105 Å². The van der Waals surface area contributed by atoms with E-state index in [1.54, 1.807) is 18.2 Å². The summed E-state index contributed by atoms with van der Waals surface area (Å²) in [5.41, 5.74) is 1.33. The Balaban J connectivity index is 1.92. The van der Waals surface area contributed by atoms with Gasteiger partial charge in [-0.15, -0.1) is 0 Å². The number of amides is 2. The zero-order valence-electron chi connectivity index (χ0n) is 22.7. The number of hydrogen-bond acceptors (Lipinski definition) is 6. The summed E-state index contributed by atoms with van der Waals surface area (Å²) in [7, 11) is -3.82. The van der Waals surface area contributed by atoms with Gasteiger partial charge in [0.15, 0.2) is 11.5 Å². The number of carbonyl (C=O) groups is 2. The molecule has 10 heteroatoms. The summed E-state index contributed by atoms with van der Waals surface area (Å²) in [6.45, 7) is 7.89. The minimum atomic E-state index is -3.82. The van der Waals surface area contributed by atoms with Gasteiger partial charge in [0.2, 0.25) is 21.8 Å². The Labute approximate surface area is 226 Å². The van der Waals surface area contributed by atoms with Crippen LogP contribution in [0.4, 0.5) is 5.69 Å². The van der Waals surface area contributed by atoms with E-state index in [2.05, 4.69) is 5.32 Å². The second-order valence-corrected chi connectivity index (χ2v) is 11.5. The summed E-state index contributed by atoms with van der Waals surface area (Å²) < 4.78 is 38.6. The number of rotatable bonds is 13. The second-order valence-electron chi connectivity index (χ2n) is 9.30. The van der Waals surface area contributed by atoms with Crippen molar-refractivity contribution in [1.82, 2.24) is 10.2 Å². The number of hydrogen-bond donors (Lipinski definition) is 1. The van der Waals surface area contributed by atoms with E-state index in [4.69, 9.17) is 9.47 Å². The first kappa shape index (κ1) is 29.3. The Hall–Kier alpha value is -3.27. The maximum absolute atomic E-state index is 13.8. The highest BCUT2D eigenvalue weighted by Crippen LogP contribution is 2.35. The Morgan fingerprint density at radius 1 is 0.974 bits per heavy atom. The normalized spacial score (nSPS) is 14.3. The fourth-order valence-corrected chi connectivity index (χ4v) is 5.30. The number of nitrogens with one attached hydrogen (secondary N) is 1. The molecule has 3 rings (SSSR count). The first-order valence-electron chi connectivity index (χ1n) is 13.2. The van der Waals surface area contributed by atoms with Gasteiger partial charge in [0, 0.05) is 18.7 Å². The molecule has 208 valence electrons. The lowest BCUT2D eigenvalue weighted by Gasteiger charge is -2.33. The van der Waals surface area contributed by atoms with E-state index in [0.29, 0.717) is 43.2 Å². The molecule has 2 aromatic rings. The van der Waals surface area contributed by atoms with Crippen molar-refractivity contribution in [2.45, 2.75) is 59.0 Å². The average Bonchev–Trinajstić information content (AvgIpc) is 2.93. The molecule has 9 nitrogen and oxygen atoms in total. The summed E-state index contributed by atoms with van der Waals surface area (Å²) >= 11 is 0. The van der Waals surface area contributed by atoms with Gasteiger partial charge in [0.1, 0.15) is 25.8 Å². The molecule has 38 heavy (non-hydrogen) atoms. The molecule has 0 radical (unpaired) electrons. The standard InChI is InChI=1S/C28H39N3O6S/c1-5-21(4)29-28(33)24(6-2)30(16-15-22-11-9-8-10-12-22)27(32)20-31(38(34,35)7-3)23-13-14-25-26(19-23)37-18-17-36-25/h8-14,19,21,24H,5-7,15-18,20H2,1-4H3,(H,29,33)/t21-,24+/m1/s1. The van der Waals surface area contributed by atoms with E-state index in [9.17, 15) is 18.0 Å². The largest absolute Gasteiger partial charge is 0.486 e. The molecule has 2 atom stereocenters. The maximum Gasteiger partial charge on any atom is 0.244 e. The van der Waals surface area contributed by atoms with Crippen molar-refractivity contribution >= 4 is 27.5 Å². The van der Waals surface area contributed by atoms with Crippen LogP contribution in [0.25, 0.3) is 0 Å². The number of ether oxygens (including phenoxy) is 2. The lowest BCUT2D eigenvalue weighted by molar-refractivity contribution is -0.139. The molecular weight excluding hydrogens is 506 g/mol. The van der Waals surface area contributed by atoms with Crippen LogP contribution in [-0.2, 0) is 26.0 Å². The predicted octanol–water partition coefficient (Wildman–Crippen LogP) is 3.38. The molecule has 1 aliphatic rings. The van der Waals surface area contributed by atoms with E-state index < -0.39 is 28.5 Å². The first-order valence-corrected chi connectivity index (χ1v) is 14.8. The number of benzene rings is 2. The van der Waals surface area contributed by atoms with Crippen LogP contribution in [0.15, 0.2) is 48.5 Å². The van der Waals surface area contributed by atoms with Gasteiger partial charge in [-0.1, -0.05) is 44.2 Å². The molecule has 2 amide bonds. The van der Waals surface area contributed by atoms with Crippen LogP contribution in [0, 0.1) is 0 Å². The molecule has 0 unspecified atom stereocenters. The summed E-state index contributed by atoms with van der Waals surface area (Å²) in [4.78, 5) is 28.6. The van der Waals surface area contributed by atoms with Gasteiger partial charge in [-0.3, -0.25) is 13.9 Å². The summed E-state index contributed by atoms with van der Waals surface area (Å²) in [6, 6.07) is 13.8. The fourth-order valence-electron chi connectivity index (χ4n) is 4.24. The second kappa shape index (κ2) is 13.5. The highest BCUT2D eigenvalue weighted by Gasteiger charge is 2.33. The van der Waals surface area contributed by atoms with Crippen molar-refractivity contribution in [3.05, 3.63) is 54.1 Å². The Morgan fingerprint density at radius 2 is 1.66 bits per heavy atom. The molecular formula is C28H39N3O6S. The molecule has 1 heterocycles. The molecule has 0 saturated carbocycles. The van der Waals surface area contributed by atoms with Crippen molar-refractivity contribution in [1.29, 1.82) is 0 Å². The number of sulfonamides is 1. The monoisotopic (exact) mass is 545 g/mol. The zero-order chi connectivity index (χ0) is 27.7. The van der Waals surface area contributed by atoms with Gasteiger partial charge in [0.25, 0.3) is 0 Å². The quantitative estimate of drug-likeness (QED) is 0.414. The van der Waals surface area contributed by atoms with E-state index in [0.717, 1.165) is 16.3 Å². The first-order chi connectivity index (χ1) is 18.2. The highest BCUT2D eigenvalue weighted by molar-refractivity contribution is 7.92. The molecule has 0 saturated heterocycles. The van der Waals surface area contributed by atoms with Crippen molar-refractivity contribution in [3.63, 3.8) is 0 Å². The van der Waals surface area contributed by atoms with Crippen molar-refractivity contribution in [2.75, 3.05) is 36.4 Å². The van der Waals surface area contributed by atoms with E-state index >= 15 is 0 Å². The van der Waals surface area contributed by atoms with Crippen LogP contribution in [0.5, 0.6) is 11.5 Å². The Morgan fingerprint density at radius 3 is 2.29 bits per heavy atom. The summed E-state index contributed by atoms with van der Waals surface area (Å²) in [6.07, 6.45) is 1.68. The lowest BCUT2D eigenvalue weighted by atomic mass is 10.1. The Kier molecular flexibility index (Phi) is 10.4. The zero-order valence-corrected chi connectivity index (χ0v) is 23.5. The van der Waals surface area contributed by atoms with Gasteiger partial charge in [-0.25, -0.2) is 8.42 Å². The number of anilines is 1. The number of nitrogens with zero attached hydrogens (tertiary/aromatic N) is 2. The molecule has 0 aromatic heterocycles. The van der Waals surface area contributed by atoms with Gasteiger partial charge >= 0.3 is 0 Å². The molecule has 0 fully saturated rings. The third-order valence-electron chi connectivity index (χ3n) is 6.66. The summed E-state index contributed by atoms with van der Waals surface area (Å²) in [5, 5.41) is 2.98. The maximum atomic E-state index is 13.8. The SMILES string of the molecule is CC[C@@H](C)NC(=O)[C@H](CC)N(CCc1ccccc1)C(=O)CN(c1ccc2c(c1)OCCO2)S(=O)(=O)CC. The average molecular weight is 546 g/mol. The van der Waals surface area contributed by atoms with Crippen LogP contribution >= 0.6 is 0 Å². The third-order valence-corrected chi connectivity index (χ3v) is 8.41. The van der Waals surface area contributed by atoms with Crippen LogP contribution < -0.4 is 19.1 Å². The van der Waals surface area contributed by atoms with E-state index in [1.165, 1.54) is 11.8 Å². The van der Waals surface area contributed by atoms with E-state index in [-0.39, 0.29) is 24.2 Å². The highest BCUT2D eigenvalue weighted by atomic mass is 32.2. The predicted molar refractivity (Wildman–Crippen MR) is 148 cm³/mol. The van der Waals surface area contributed by atoms with Gasteiger partial charge in [-0.2, -0.15) is 0 Å². The minimum Gasteiger partial charge on any atom is -0.486 e. The number of carbonyl (C=O) groups excluding carboxylic acids is 2. The van der Waals surface area contributed by atoms with Crippen LogP contribution in [0.3, 0.4) is 0 Å². The van der Waals surface area contributed by atoms with Gasteiger partial charge < -0.3 is 19.7 Å². The molecule has 2 aromatic carbocycles. The minimum absolute atomic E-state index is 0.0442. The van der Waals surface area contributed by atoms with Crippen LogP contribution in [-0.4, -0.2) is 69.3 Å². The van der Waals surface area contributed by atoms with E-state index in [1.807, 2.05) is 51.1 Å². The van der Waals surface area contributed by atoms with Crippen molar-refractivity contribution in [2.24, 2.45) is 0 Å². The molecule has 0 spiro atoms. The van der Waals surface area contributed by atoms with Gasteiger partial charge in [-0.05, 0) is 50.8 Å². The molecule has 0 bridgehead atoms. The third kappa shape index (κ3) is 7.40. The lowest BCUT2D eigenvalue weighted by Crippen LogP contribution is -2.54.